The fourth-order valence-corrected chi connectivity index (χ4v) is 2.43. The molecule has 3 aromatic rings. The zero-order valence-electron chi connectivity index (χ0n) is 11.9. The molecule has 23 heavy (non-hydrogen) atoms. The van der Waals surface area contributed by atoms with Crippen LogP contribution in [0.1, 0.15) is 5.56 Å². The molecule has 0 saturated heterocycles. The van der Waals surface area contributed by atoms with Crippen LogP contribution in [-0.4, -0.2) is 4.98 Å². The fraction of sp³-hybridized carbons (Fsp3) is 0. The molecule has 0 aliphatic heterocycles. The number of nitrogens with two attached hydrogens (primary N) is 1. The molecule has 2 N–H and O–H groups in total. The van der Waals surface area contributed by atoms with Gasteiger partial charge in [-0.05, 0) is 48.0 Å². The molecule has 0 aliphatic carbocycles. The molecule has 0 aliphatic rings. The predicted octanol–water partition coefficient (Wildman–Crippen LogP) is 4.66. The van der Waals surface area contributed by atoms with Crippen LogP contribution in [0.15, 0.2) is 54.6 Å². The zero-order valence-corrected chi connectivity index (χ0v) is 12.7. The highest BCUT2D eigenvalue weighted by Crippen LogP contribution is 2.31. The van der Waals surface area contributed by atoms with Gasteiger partial charge in [0.2, 0.25) is 0 Å². The Morgan fingerprint density at radius 3 is 2.22 bits per heavy atom. The van der Waals surface area contributed by atoms with Gasteiger partial charge in [0.25, 0.3) is 0 Å². The number of benzene rings is 2. The van der Waals surface area contributed by atoms with Crippen LogP contribution in [0, 0.1) is 17.1 Å². The topological polar surface area (TPSA) is 62.7 Å². The smallest absolute Gasteiger partial charge is 0.142 e. The number of hydrogen-bond donors (Lipinski definition) is 1. The second-order valence-electron chi connectivity index (χ2n) is 4.94. The molecular weight excluding hydrogens is 313 g/mol. The van der Waals surface area contributed by atoms with Crippen molar-refractivity contribution in [2.75, 3.05) is 5.73 Å². The van der Waals surface area contributed by atoms with E-state index in [1.807, 2.05) is 12.1 Å². The summed E-state index contributed by atoms with van der Waals surface area (Å²) in [6.45, 7) is 0. The standard InChI is InChI=1S/C18H11ClFN3/c19-13-5-1-11(2-6-13)15-9-17(23-18(22)16(15)10-21)12-3-7-14(20)8-4-12/h1-9H,(H2,22,23). The molecule has 0 fully saturated rings. The minimum atomic E-state index is -0.326. The summed E-state index contributed by atoms with van der Waals surface area (Å²) in [5, 5.41) is 9.97. The van der Waals surface area contributed by atoms with E-state index in [0.29, 0.717) is 21.8 Å². The summed E-state index contributed by atoms with van der Waals surface area (Å²) < 4.78 is 13.1. The Morgan fingerprint density at radius 2 is 1.61 bits per heavy atom. The van der Waals surface area contributed by atoms with Gasteiger partial charge in [0, 0.05) is 16.1 Å². The van der Waals surface area contributed by atoms with E-state index in [4.69, 9.17) is 17.3 Å². The van der Waals surface area contributed by atoms with Gasteiger partial charge in [-0.15, -0.1) is 0 Å². The van der Waals surface area contributed by atoms with Crippen molar-refractivity contribution < 1.29 is 4.39 Å². The molecule has 2 aromatic carbocycles. The third-order valence-corrected chi connectivity index (χ3v) is 3.71. The van der Waals surface area contributed by atoms with Gasteiger partial charge in [-0.2, -0.15) is 5.26 Å². The highest BCUT2D eigenvalue weighted by Gasteiger charge is 2.13. The first-order valence-electron chi connectivity index (χ1n) is 6.81. The number of nitrogen functional groups attached to an aromatic ring is 1. The van der Waals surface area contributed by atoms with E-state index in [2.05, 4.69) is 11.1 Å². The number of aromatic nitrogens is 1. The third-order valence-electron chi connectivity index (χ3n) is 3.45. The molecule has 0 radical (unpaired) electrons. The number of anilines is 1. The van der Waals surface area contributed by atoms with Crippen molar-refractivity contribution in [2.45, 2.75) is 0 Å². The Bertz CT molecular complexity index is 897. The number of pyridine rings is 1. The predicted molar refractivity (Wildman–Crippen MR) is 89.2 cm³/mol. The van der Waals surface area contributed by atoms with E-state index in [1.165, 1.54) is 12.1 Å². The number of hydrogen-bond acceptors (Lipinski definition) is 3. The number of nitriles is 1. The van der Waals surface area contributed by atoms with Crippen molar-refractivity contribution >= 4 is 17.4 Å². The molecule has 0 saturated carbocycles. The van der Waals surface area contributed by atoms with Gasteiger partial charge in [-0.1, -0.05) is 23.7 Å². The number of rotatable bonds is 2. The van der Waals surface area contributed by atoms with Crippen molar-refractivity contribution in [1.82, 2.24) is 4.98 Å². The van der Waals surface area contributed by atoms with Crippen LogP contribution in [0.3, 0.4) is 0 Å². The second-order valence-corrected chi connectivity index (χ2v) is 5.38. The average molecular weight is 324 g/mol. The van der Waals surface area contributed by atoms with E-state index in [-0.39, 0.29) is 11.6 Å². The van der Waals surface area contributed by atoms with Crippen LogP contribution in [-0.2, 0) is 0 Å². The van der Waals surface area contributed by atoms with Gasteiger partial charge >= 0.3 is 0 Å². The number of nitrogens with zero attached hydrogens (tertiary/aromatic N) is 2. The summed E-state index contributed by atoms with van der Waals surface area (Å²) in [5.74, 6) is -0.187. The summed E-state index contributed by atoms with van der Waals surface area (Å²) in [4.78, 5) is 4.25. The highest BCUT2D eigenvalue weighted by atomic mass is 35.5. The van der Waals surface area contributed by atoms with E-state index >= 15 is 0 Å². The first-order valence-corrected chi connectivity index (χ1v) is 7.19. The molecule has 3 nitrogen and oxygen atoms in total. The Hall–Kier alpha value is -2.90. The summed E-state index contributed by atoms with van der Waals surface area (Å²) >= 11 is 5.91. The Morgan fingerprint density at radius 1 is 1.00 bits per heavy atom. The third kappa shape index (κ3) is 3.01. The molecule has 0 unspecified atom stereocenters. The first-order chi connectivity index (χ1) is 11.1. The van der Waals surface area contributed by atoms with Crippen LogP contribution in [0.4, 0.5) is 10.2 Å². The Kier molecular flexibility index (Phi) is 3.96. The zero-order chi connectivity index (χ0) is 16.4. The fourth-order valence-electron chi connectivity index (χ4n) is 2.31. The monoisotopic (exact) mass is 323 g/mol. The van der Waals surface area contributed by atoms with Crippen LogP contribution in [0.2, 0.25) is 5.02 Å². The van der Waals surface area contributed by atoms with Crippen molar-refractivity contribution in [1.29, 1.82) is 5.26 Å². The molecule has 112 valence electrons. The summed E-state index contributed by atoms with van der Waals surface area (Å²) in [5.41, 5.74) is 9.00. The maximum absolute atomic E-state index is 13.1. The van der Waals surface area contributed by atoms with Gasteiger partial charge < -0.3 is 5.73 Å². The molecule has 0 spiro atoms. The van der Waals surface area contributed by atoms with E-state index < -0.39 is 0 Å². The van der Waals surface area contributed by atoms with Crippen LogP contribution >= 0.6 is 11.6 Å². The molecule has 5 heteroatoms. The normalized spacial score (nSPS) is 10.3. The Labute approximate surface area is 137 Å². The van der Waals surface area contributed by atoms with Gasteiger partial charge in [0.05, 0.1) is 5.69 Å². The van der Waals surface area contributed by atoms with Gasteiger partial charge in [-0.3, -0.25) is 0 Å². The SMILES string of the molecule is N#Cc1c(-c2ccc(Cl)cc2)cc(-c2ccc(F)cc2)nc1N. The van der Waals surface area contributed by atoms with E-state index in [1.54, 1.807) is 30.3 Å². The maximum atomic E-state index is 13.1. The lowest BCUT2D eigenvalue weighted by atomic mass is 9.98. The van der Waals surface area contributed by atoms with Crippen LogP contribution < -0.4 is 5.73 Å². The summed E-state index contributed by atoms with van der Waals surface area (Å²) in [6.07, 6.45) is 0. The molecular formula is C18H11ClFN3. The van der Waals surface area contributed by atoms with Crippen LogP contribution in [0.25, 0.3) is 22.4 Å². The van der Waals surface area contributed by atoms with Crippen molar-refractivity contribution in [3.8, 4) is 28.5 Å². The average Bonchev–Trinajstić information content (AvgIpc) is 2.55. The lowest BCUT2D eigenvalue weighted by Gasteiger charge is -2.10. The quantitative estimate of drug-likeness (QED) is 0.746. The van der Waals surface area contributed by atoms with Crippen LogP contribution in [0.5, 0.6) is 0 Å². The summed E-state index contributed by atoms with van der Waals surface area (Å²) in [6, 6.07) is 16.9. The summed E-state index contributed by atoms with van der Waals surface area (Å²) in [7, 11) is 0. The molecule has 1 heterocycles. The molecule has 0 atom stereocenters. The molecule has 0 bridgehead atoms. The molecule has 1 aromatic heterocycles. The van der Waals surface area contributed by atoms with Gasteiger partial charge in [0.15, 0.2) is 0 Å². The molecule has 0 amide bonds. The molecule has 3 rings (SSSR count). The van der Waals surface area contributed by atoms with E-state index in [9.17, 15) is 9.65 Å². The Balaban J connectivity index is 2.20. The van der Waals surface area contributed by atoms with Crippen molar-refractivity contribution in [2.24, 2.45) is 0 Å². The van der Waals surface area contributed by atoms with Crippen molar-refractivity contribution in [3.63, 3.8) is 0 Å². The largest absolute Gasteiger partial charge is 0.383 e. The van der Waals surface area contributed by atoms with E-state index in [0.717, 1.165) is 11.1 Å². The van der Waals surface area contributed by atoms with Crippen molar-refractivity contribution in [3.05, 3.63) is 71.0 Å². The second kappa shape index (κ2) is 6.07. The van der Waals surface area contributed by atoms with Gasteiger partial charge in [-0.25, -0.2) is 9.37 Å². The maximum Gasteiger partial charge on any atom is 0.142 e. The highest BCUT2D eigenvalue weighted by molar-refractivity contribution is 6.30. The minimum Gasteiger partial charge on any atom is -0.383 e. The minimum absolute atomic E-state index is 0.138. The van der Waals surface area contributed by atoms with Gasteiger partial charge in [0.1, 0.15) is 23.3 Å². The lowest BCUT2D eigenvalue weighted by Crippen LogP contribution is -1.99. The lowest BCUT2D eigenvalue weighted by molar-refractivity contribution is 0.628. The first kappa shape index (κ1) is 15.0. The number of halogens is 2.